The van der Waals surface area contributed by atoms with Gasteiger partial charge in [-0.25, -0.2) is 4.39 Å². The van der Waals surface area contributed by atoms with Gasteiger partial charge in [0.05, 0.1) is 37.7 Å². The molecule has 5 amide bonds. The van der Waals surface area contributed by atoms with Crippen molar-refractivity contribution in [3.05, 3.63) is 95.8 Å². The molecule has 1 aliphatic rings. The Hall–Kier alpha value is -5.46. The zero-order chi connectivity index (χ0) is 34.5. The molecular formula is C35H40FN5O7. The fourth-order valence-electron chi connectivity index (χ4n) is 5.00. The van der Waals surface area contributed by atoms with E-state index >= 15 is 0 Å². The fraction of sp³-hybridized carbons (Fsp3) is 0.343. The van der Waals surface area contributed by atoms with Gasteiger partial charge in [0.2, 0.25) is 23.6 Å². The lowest BCUT2D eigenvalue weighted by molar-refractivity contribution is -0.142. The second-order valence-electron chi connectivity index (χ2n) is 11.2. The molecule has 13 heteroatoms. The topological polar surface area (TPSA) is 146 Å². The first kappa shape index (κ1) is 35.4. The summed E-state index contributed by atoms with van der Waals surface area (Å²) in [5.74, 6) is -2.54. The SMILES string of the molecule is CCN1CC(=O)N(C)CC(=O)N[C@H](Cc2ccccc2)COc2ccccc2C(=O)N[C@H](C(=O)NCCOc2ccc(F)cc2)CC1=O. The minimum Gasteiger partial charge on any atom is -0.492 e. The fourth-order valence-corrected chi connectivity index (χ4v) is 5.00. The smallest absolute Gasteiger partial charge is 0.255 e. The van der Waals surface area contributed by atoms with E-state index in [-0.39, 0.29) is 50.7 Å². The molecule has 0 aromatic heterocycles. The lowest BCUT2D eigenvalue weighted by Crippen LogP contribution is -2.51. The van der Waals surface area contributed by atoms with Crippen LogP contribution in [0.1, 0.15) is 29.3 Å². The maximum absolute atomic E-state index is 13.6. The second kappa shape index (κ2) is 17.5. The average Bonchev–Trinajstić information content (AvgIpc) is 3.08. The highest BCUT2D eigenvalue weighted by atomic mass is 19.1. The van der Waals surface area contributed by atoms with E-state index in [0.29, 0.717) is 12.2 Å². The summed E-state index contributed by atoms with van der Waals surface area (Å²) in [5.41, 5.74) is 1.07. The highest BCUT2D eigenvalue weighted by Gasteiger charge is 2.29. The molecule has 3 aromatic rings. The van der Waals surface area contributed by atoms with E-state index in [4.69, 9.17) is 9.47 Å². The van der Waals surface area contributed by atoms with Crippen molar-refractivity contribution >= 4 is 29.5 Å². The van der Waals surface area contributed by atoms with Gasteiger partial charge in [0.15, 0.2) is 0 Å². The number of hydrogen-bond donors (Lipinski definition) is 3. The molecule has 48 heavy (non-hydrogen) atoms. The molecule has 12 nitrogen and oxygen atoms in total. The molecule has 0 bridgehead atoms. The standard InChI is InChI=1S/C35H40FN5O7/c1-3-41-22-33(44)40(2)21-31(42)38-26(19-24-9-5-4-6-10-24)23-48-30-12-8-7-11-28(30)34(45)39-29(20-32(41)43)35(46)37-17-18-47-27-15-13-25(36)14-16-27/h4-16,26,29H,3,17-23H2,1-2H3,(H,37,46)(H,38,42)(H,39,45)/t26-,29+/m1/s1. The van der Waals surface area contributed by atoms with E-state index in [9.17, 15) is 28.4 Å². The van der Waals surface area contributed by atoms with Gasteiger partial charge >= 0.3 is 0 Å². The van der Waals surface area contributed by atoms with Crippen molar-refractivity contribution in [1.29, 1.82) is 0 Å². The van der Waals surface area contributed by atoms with Gasteiger partial charge in [0, 0.05) is 13.6 Å². The Labute approximate surface area is 278 Å². The quantitative estimate of drug-likeness (QED) is 0.313. The van der Waals surface area contributed by atoms with Crippen LogP contribution in [0.15, 0.2) is 78.9 Å². The summed E-state index contributed by atoms with van der Waals surface area (Å²) in [6.45, 7) is 1.33. The predicted octanol–water partition coefficient (Wildman–Crippen LogP) is 1.94. The molecule has 0 unspecified atom stereocenters. The van der Waals surface area contributed by atoms with Gasteiger partial charge in [-0.15, -0.1) is 0 Å². The minimum atomic E-state index is -1.31. The molecule has 0 saturated heterocycles. The van der Waals surface area contributed by atoms with Crippen LogP contribution in [-0.2, 0) is 25.6 Å². The number of benzene rings is 3. The number of carbonyl (C=O) groups is 5. The Balaban J connectivity index is 1.56. The predicted molar refractivity (Wildman–Crippen MR) is 175 cm³/mol. The van der Waals surface area contributed by atoms with Crippen molar-refractivity contribution in [3.63, 3.8) is 0 Å². The first-order chi connectivity index (χ1) is 23.1. The number of para-hydroxylation sites is 1. The zero-order valence-electron chi connectivity index (χ0n) is 26.9. The maximum Gasteiger partial charge on any atom is 0.255 e. The molecule has 1 heterocycles. The Kier molecular flexibility index (Phi) is 12.9. The van der Waals surface area contributed by atoms with Crippen molar-refractivity contribution in [2.75, 3.05) is 46.4 Å². The van der Waals surface area contributed by atoms with Crippen molar-refractivity contribution < 1.29 is 37.8 Å². The molecule has 0 spiro atoms. The van der Waals surface area contributed by atoms with Gasteiger partial charge in [-0.1, -0.05) is 42.5 Å². The van der Waals surface area contributed by atoms with Crippen LogP contribution in [0.25, 0.3) is 0 Å². The normalized spacial score (nSPS) is 18.1. The highest BCUT2D eigenvalue weighted by molar-refractivity contribution is 6.01. The second-order valence-corrected chi connectivity index (χ2v) is 11.2. The third-order valence-electron chi connectivity index (χ3n) is 7.61. The van der Waals surface area contributed by atoms with Crippen LogP contribution >= 0.6 is 0 Å². The lowest BCUT2D eigenvalue weighted by atomic mass is 10.1. The third kappa shape index (κ3) is 10.5. The summed E-state index contributed by atoms with van der Waals surface area (Å²) in [6, 6.07) is 19.5. The van der Waals surface area contributed by atoms with Crippen molar-refractivity contribution in [1.82, 2.24) is 25.8 Å². The number of carbonyl (C=O) groups excluding carboxylic acids is 5. The Morgan fingerprint density at radius 2 is 1.65 bits per heavy atom. The minimum absolute atomic E-state index is 0.00264. The molecule has 254 valence electrons. The van der Waals surface area contributed by atoms with Crippen LogP contribution < -0.4 is 25.4 Å². The number of amides is 5. The summed E-state index contributed by atoms with van der Waals surface area (Å²) in [5, 5.41) is 8.25. The monoisotopic (exact) mass is 661 g/mol. The number of hydrogen-bond acceptors (Lipinski definition) is 7. The van der Waals surface area contributed by atoms with Crippen molar-refractivity contribution in [3.8, 4) is 11.5 Å². The number of ether oxygens (including phenoxy) is 2. The van der Waals surface area contributed by atoms with Crippen molar-refractivity contribution in [2.24, 2.45) is 0 Å². The lowest BCUT2D eigenvalue weighted by Gasteiger charge is -2.26. The van der Waals surface area contributed by atoms with Gasteiger partial charge in [0.1, 0.15) is 36.6 Å². The van der Waals surface area contributed by atoms with E-state index < -0.39 is 53.9 Å². The molecule has 2 atom stereocenters. The number of nitrogens with one attached hydrogen (secondary N) is 3. The summed E-state index contributed by atoms with van der Waals surface area (Å²) in [6.07, 6.45) is -0.0201. The van der Waals surface area contributed by atoms with Crippen LogP contribution in [-0.4, -0.2) is 97.9 Å². The average molecular weight is 662 g/mol. The number of halogens is 1. The van der Waals surface area contributed by atoms with E-state index in [1.165, 1.54) is 47.2 Å². The molecule has 0 saturated carbocycles. The van der Waals surface area contributed by atoms with Gasteiger partial charge in [-0.05, 0) is 55.3 Å². The molecule has 3 aromatic carbocycles. The Morgan fingerprint density at radius 1 is 0.938 bits per heavy atom. The summed E-state index contributed by atoms with van der Waals surface area (Å²) < 4.78 is 24.8. The molecular weight excluding hydrogens is 621 g/mol. The number of fused-ring (bicyclic) bond motifs is 1. The van der Waals surface area contributed by atoms with E-state index in [1.54, 1.807) is 25.1 Å². The van der Waals surface area contributed by atoms with Crippen LogP contribution in [0.4, 0.5) is 4.39 Å². The van der Waals surface area contributed by atoms with E-state index in [0.717, 1.165) is 5.56 Å². The van der Waals surface area contributed by atoms with Gasteiger partial charge in [0.25, 0.3) is 5.91 Å². The molecule has 4 rings (SSSR count). The van der Waals surface area contributed by atoms with Gasteiger partial charge < -0.3 is 35.2 Å². The van der Waals surface area contributed by atoms with Crippen molar-refractivity contribution in [2.45, 2.75) is 31.8 Å². The molecule has 3 N–H and O–H groups in total. The summed E-state index contributed by atoms with van der Waals surface area (Å²) in [7, 11) is 1.47. The van der Waals surface area contributed by atoms with E-state index in [1.807, 2.05) is 30.3 Å². The number of likely N-dealkylation sites (N-methyl/N-ethyl adjacent to an activating group) is 2. The van der Waals surface area contributed by atoms with Crippen LogP contribution in [0.5, 0.6) is 11.5 Å². The number of rotatable bonds is 8. The van der Waals surface area contributed by atoms with Crippen LogP contribution in [0.2, 0.25) is 0 Å². The Bertz CT molecular complexity index is 1570. The third-order valence-corrected chi connectivity index (χ3v) is 7.61. The van der Waals surface area contributed by atoms with E-state index in [2.05, 4.69) is 16.0 Å². The molecule has 0 fully saturated rings. The Morgan fingerprint density at radius 3 is 2.38 bits per heavy atom. The zero-order valence-corrected chi connectivity index (χ0v) is 26.9. The number of nitrogens with zero attached hydrogens (tertiary/aromatic N) is 2. The van der Waals surface area contributed by atoms with Crippen LogP contribution in [0.3, 0.4) is 0 Å². The summed E-state index contributed by atoms with van der Waals surface area (Å²) >= 11 is 0. The maximum atomic E-state index is 13.6. The summed E-state index contributed by atoms with van der Waals surface area (Å²) in [4.78, 5) is 69.0. The highest BCUT2D eigenvalue weighted by Crippen LogP contribution is 2.19. The largest absolute Gasteiger partial charge is 0.492 e. The first-order valence-corrected chi connectivity index (χ1v) is 15.7. The van der Waals surface area contributed by atoms with Gasteiger partial charge in [-0.2, -0.15) is 0 Å². The molecule has 0 aliphatic carbocycles. The van der Waals surface area contributed by atoms with Crippen LogP contribution in [0, 0.1) is 5.82 Å². The molecule has 0 radical (unpaired) electrons. The van der Waals surface area contributed by atoms with Gasteiger partial charge in [-0.3, -0.25) is 24.0 Å². The first-order valence-electron chi connectivity index (χ1n) is 15.7. The molecule has 1 aliphatic heterocycles.